The van der Waals surface area contributed by atoms with E-state index < -0.39 is 62.4 Å². The van der Waals surface area contributed by atoms with Crippen LogP contribution in [0.2, 0.25) is 0 Å². The fourth-order valence-corrected chi connectivity index (χ4v) is 2.49. The summed E-state index contributed by atoms with van der Waals surface area (Å²) >= 11 is 0. The molecule has 9 nitrogen and oxygen atoms in total. The Bertz CT molecular complexity index is 674. The molecule has 10 heteroatoms. The summed E-state index contributed by atoms with van der Waals surface area (Å²) in [5.74, 6) is -4.90. The number of carboxylic acids is 2. The maximum absolute atomic E-state index is 11.2. The summed E-state index contributed by atoms with van der Waals surface area (Å²) in [5.41, 5.74) is -1.21. The average molecular weight is 306 g/mol. The van der Waals surface area contributed by atoms with E-state index in [1.165, 1.54) is 0 Å². The minimum atomic E-state index is -5.06. The number of hydrogen-bond acceptors (Lipinski definition) is 6. The van der Waals surface area contributed by atoms with Crippen LogP contribution in [0.3, 0.4) is 0 Å². The lowest BCUT2D eigenvalue weighted by atomic mass is 10.0. The number of aromatic hydroxyl groups is 2. The molecular weight excluding hydrogens is 296 g/mol. The van der Waals surface area contributed by atoms with Gasteiger partial charge in [0.05, 0.1) is 12.8 Å². The molecule has 0 saturated carbocycles. The van der Waals surface area contributed by atoms with Crippen LogP contribution in [-0.4, -0.2) is 45.3 Å². The highest BCUT2D eigenvalue weighted by atomic mass is 32.2. The Morgan fingerprint density at radius 3 is 1.95 bits per heavy atom. The lowest BCUT2D eigenvalue weighted by Gasteiger charge is -2.13. The molecule has 0 aliphatic heterocycles. The first-order valence-corrected chi connectivity index (χ1v) is 6.45. The first-order valence-electron chi connectivity index (χ1n) is 5.01. The molecule has 20 heavy (non-hydrogen) atoms. The molecule has 0 amide bonds. The Balaban J connectivity index is 3.67. The lowest BCUT2D eigenvalue weighted by molar-refractivity contribution is -0.137. The number of benzene rings is 1. The van der Waals surface area contributed by atoms with Gasteiger partial charge in [-0.1, -0.05) is 0 Å². The molecule has 1 aromatic carbocycles. The molecule has 0 saturated heterocycles. The summed E-state index contributed by atoms with van der Waals surface area (Å²) in [6.07, 6.45) is -1.81. The monoisotopic (exact) mass is 306 g/mol. The van der Waals surface area contributed by atoms with Crippen LogP contribution in [0.25, 0.3) is 0 Å². The van der Waals surface area contributed by atoms with Crippen molar-refractivity contribution in [1.29, 1.82) is 0 Å². The average Bonchev–Trinajstić information content (AvgIpc) is 2.22. The van der Waals surface area contributed by atoms with Crippen molar-refractivity contribution in [3.63, 3.8) is 0 Å². The lowest BCUT2D eigenvalue weighted by Crippen LogP contribution is -2.11. The molecule has 110 valence electrons. The zero-order valence-electron chi connectivity index (χ0n) is 9.77. The molecule has 0 radical (unpaired) electrons. The molecule has 0 spiro atoms. The van der Waals surface area contributed by atoms with Crippen molar-refractivity contribution in [1.82, 2.24) is 0 Å². The number of carbonyl (C=O) groups is 2. The van der Waals surface area contributed by atoms with E-state index in [-0.39, 0.29) is 0 Å². The molecule has 5 N–H and O–H groups in total. The number of carboxylic acid groups (broad SMARTS) is 2. The predicted molar refractivity (Wildman–Crippen MR) is 62.3 cm³/mol. The molecule has 1 aromatic rings. The van der Waals surface area contributed by atoms with Crippen LogP contribution in [-0.2, 0) is 32.5 Å². The molecule has 0 aromatic heterocycles. The van der Waals surface area contributed by atoms with Gasteiger partial charge in [0, 0.05) is 11.1 Å². The van der Waals surface area contributed by atoms with Gasteiger partial charge in [0.1, 0.15) is 16.4 Å². The highest BCUT2D eigenvalue weighted by molar-refractivity contribution is 7.86. The van der Waals surface area contributed by atoms with Crippen LogP contribution in [0.4, 0.5) is 0 Å². The first kappa shape index (κ1) is 15.7. The van der Waals surface area contributed by atoms with Crippen molar-refractivity contribution >= 4 is 22.1 Å². The van der Waals surface area contributed by atoms with Gasteiger partial charge in [-0.3, -0.25) is 14.1 Å². The smallest absolute Gasteiger partial charge is 0.308 e. The predicted octanol–water partition coefficient (Wildman–Crippen LogP) is -0.401. The van der Waals surface area contributed by atoms with E-state index in [4.69, 9.17) is 14.8 Å². The molecular formula is C10H10O9S. The summed E-state index contributed by atoms with van der Waals surface area (Å²) in [6, 6.07) is 0.733. The minimum absolute atomic E-state index is 0.475. The third-order valence-electron chi connectivity index (χ3n) is 2.34. The number of phenolic OH excluding ortho intramolecular Hbond substituents is 2. The van der Waals surface area contributed by atoms with Crippen molar-refractivity contribution in [3.8, 4) is 11.5 Å². The summed E-state index contributed by atoms with van der Waals surface area (Å²) in [6.45, 7) is 0. The number of hydrogen-bond donors (Lipinski definition) is 5. The molecule has 0 fully saturated rings. The van der Waals surface area contributed by atoms with Crippen LogP contribution in [0.15, 0.2) is 11.0 Å². The van der Waals surface area contributed by atoms with Crippen molar-refractivity contribution in [2.24, 2.45) is 0 Å². The van der Waals surface area contributed by atoms with E-state index in [0.29, 0.717) is 0 Å². The molecule has 0 unspecified atom stereocenters. The Hall–Kier alpha value is -2.33. The van der Waals surface area contributed by atoms with E-state index in [1.54, 1.807) is 0 Å². The second-order valence-corrected chi connectivity index (χ2v) is 5.19. The van der Waals surface area contributed by atoms with Crippen LogP contribution >= 0.6 is 0 Å². The SMILES string of the molecule is O=C(O)Cc1cc(O)c(CC(=O)O)c(S(=O)(=O)O)c1O. The van der Waals surface area contributed by atoms with Crippen molar-refractivity contribution in [2.45, 2.75) is 17.7 Å². The molecule has 0 bridgehead atoms. The molecule has 0 atom stereocenters. The fraction of sp³-hybridized carbons (Fsp3) is 0.200. The Morgan fingerprint density at radius 2 is 1.55 bits per heavy atom. The third kappa shape index (κ3) is 3.36. The van der Waals surface area contributed by atoms with Crippen molar-refractivity contribution < 1.29 is 43.0 Å². The van der Waals surface area contributed by atoms with Crippen molar-refractivity contribution in [3.05, 3.63) is 17.2 Å². The van der Waals surface area contributed by atoms with Gasteiger partial charge in [0.25, 0.3) is 10.1 Å². The Morgan fingerprint density at radius 1 is 1.05 bits per heavy atom. The van der Waals surface area contributed by atoms with Crippen molar-refractivity contribution in [2.75, 3.05) is 0 Å². The highest BCUT2D eigenvalue weighted by Gasteiger charge is 2.28. The van der Waals surface area contributed by atoms with Gasteiger partial charge < -0.3 is 20.4 Å². The summed E-state index contributed by atoms with van der Waals surface area (Å²) in [4.78, 5) is 20.0. The zero-order chi connectivity index (χ0) is 15.7. The normalized spacial score (nSPS) is 11.2. The Kier molecular flexibility index (Phi) is 4.20. The minimum Gasteiger partial charge on any atom is -0.508 e. The topological polar surface area (TPSA) is 169 Å². The van der Waals surface area contributed by atoms with Gasteiger partial charge in [0.2, 0.25) is 0 Å². The second-order valence-electron chi connectivity index (χ2n) is 3.83. The first-order chi connectivity index (χ1) is 9.04. The van der Waals surface area contributed by atoms with E-state index >= 15 is 0 Å². The summed E-state index contributed by atoms with van der Waals surface area (Å²) in [7, 11) is -5.06. The third-order valence-corrected chi connectivity index (χ3v) is 3.30. The van der Waals surface area contributed by atoms with Gasteiger partial charge in [-0.15, -0.1) is 0 Å². The molecule has 1 rings (SSSR count). The Labute approximate surface area is 112 Å². The van der Waals surface area contributed by atoms with Gasteiger partial charge >= 0.3 is 11.9 Å². The van der Waals surface area contributed by atoms with Crippen LogP contribution in [0.1, 0.15) is 11.1 Å². The van der Waals surface area contributed by atoms with Crippen LogP contribution in [0.5, 0.6) is 11.5 Å². The summed E-state index contributed by atoms with van der Waals surface area (Å²) in [5, 5.41) is 36.5. The maximum atomic E-state index is 11.2. The molecule has 0 aliphatic rings. The van der Waals surface area contributed by atoms with Gasteiger partial charge in [0.15, 0.2) is 0 Å². The summed E-state index contributed by atoms with van der Waals surface area (Å²) < 4.78 is 31.4. The molecule has 0 aliphatic carbocycles. The zero-order valence-corrected chi connectivity index (χ0v) is 10.6. The van der Waals surface area contributed by atoms with Gasteiger partial charge in [-0.05, 0) is 6.07 Å². The van der Waals surface area contributed by atoms with Gasteiger partial charge in [-0.25, -0.2) is 0 Å². The quantitative estimate of drug-likeness (QED) is 0.358. The maximum Gasteiger partial charge on any atom is 0.308 e. The van der Waals surface area contributed by atoms with Crippen LogP contribution < -0.4 is 0 Å². The number of aliphatic carboxylic acids is 2. The fourth-order valence-electron chi connectivity index (χ4n) is 1.62. The van der Waals surface area contributed by atoms with Gasteiger partial charge in [-0.2, -0.15) is 8.42 Å². The van der Waals surface area contributed by atoms with E-state index in [1.807, 2.05) is 0 Å². The largest absolute Gasteiger partial charge is 0.508 e. The standard InChI is InChI=1S/C10H10O9S/c11-6-1-4(2-7(12)13)9(16)10(20(17,18)19)5(6)3-8(14)15/h1,11,16H,2-3H2,(H,12,13)(H,14,15)(H,17,18,19). The van der Waals surface area contributed by atoms with E-state index in [2.05, 4.69) is 0 Å². The molecule has 0 heterocycles. The van der Waals surface area contributed by atoms with E-state index in [9.17, 15) is 28.2 Å². The number of rotatable bonds is 5. The van der Waals surface area contributed by atoms with E-state index in [0.717, 1.165) is 6.07 Å². The number of phenols is 2. The van der Waals surface area contributed by atoms with Crippen LogP contribution in [0, 0.1) is 0 Å². The highest BCUT2D eigenvalue weighted by Crippen LogP contribution is 2.37. The second kappa shape index (κ2) is 5.35.